The lowest BCUT2D eigenvalue weighted by Crippen LogP contribution is -2.48. The first-order valence-electron chi connectivity index (χ1n) is 7.46. The topological polar surface area (TPSA) is 52.8 Å². The number of hydrogen-bond acceptors (Lipinski definition) is 5. The van der Waals surface area contributed by atoms with Gasteiger partial charge in [-0.3, -0.25) is 4.79 Å². The van der Waals surface area contributed by atoms with Crippen LogP contribution in [-0.2, 0) is 0 Å². The molecule has 1 aromatic rings. The third kappa shape index (κ3) is 4.18. The van der Waals surface area contributed by atoms with Crippen LogP contribution in [0.1, 0.15) is 22.5 Å². The number of nitrogens with zero attached hydrogens (tertiary/aromatic N) is 3. The molecule has 2 N–H and O–H groups in total. The van der Waals surface area contributed by atoms with E-state index in [-0.39, 0.29) is 5.91 Å². The highest BCUT2D eigenvalue weighted by atomic mass is 32.1. The fraction of sp³-hybridized carbons (Fsp3) is 0.667. The molecule has 5 nitrogen and oxygen atoms in total. The molecule has 21 heavy (non-hydrogen) atoms. The number of piperidine rings is 1. The van der Waals surface area contributed by atoms with E-state index in [4.69, 9.17) is 5.73 Å². The standard InChI is InChI=1S/C15H26N4OS/c1-17(2)9-10-19(12-4-7-18(3)8-5-12)15(20)14-13(16)6-11-21-14/h6,11-12H,4-5,7-10,16H2,1-3H3. The van der Waals surface area contributed by atoms with Crippen LogP contribution in [0.2, 0.25) is 0 Å². The fourth-order valence-electron chi connectivity index (χ4n) is 2.69. The number of carbonyl (C=O) groups excluding carboxylic acids is 1. The van der Waals surface area contributed by atoms with Gasteiger partial charge in [0.15, 0.2) is 0 Å². The predicted molar refractivity (Wildman–Crippen MR) is 88.8 cm³/mol. The molecule has 0 aromatic carbocycles. The van der Waals surface area contributed by atoms with E-state index < -0.39 is 0 Å². The van der Waals surface area contributed by atoms with Crippen LogP contribution in [0.4, 0.5) is 5.69 Å². The zero-order valence-electron chi connectivity index (χ0n) is 13.2. The molecule has 1 saturated heterocycles. The normalized spacial score (nSPS) is 17.3. The second-order valence-electron chi connectivity index (χ2n) is 6.04. The first kappa shape index (κ1) is 16.3. The van der Waals surface area contributed by atoms with E-state index in [9.17, 15) is 4.79 Å². The maximum absolute atomic E-state index is 12.8. The molecule has 118 valence electrons. The van der Waals surface area contributed by atoms with Gasteiger partial charge in [0.2, 0.25) is 0 Å². The van der Waals surface area contributed by atoms with Gasteiger partial charge in [0.05, 0.1) is 5.69 Å². The van der Waals surface area contributed by atoms with Crippen LogP contribution >= 0.6 is 11.3 Å². The molecule has 1 fully saturated rings. The number of hydrogen-bond donors (Lipinski definition) is 1. The molecule has 0 bridgehead atoms. The smallest absolute Gasteiger partial charge is 0.266 e. The van der Waals surface area contributed by atoms with Crippen molar-refractivity contribution < 1.29 is 4.79 Å². The fourth-order valence-corrected chi connectivity index (χ4v) is 3.46. The average Bonchev–Trinajstić information content (AvgIpc) is 2.86. The van der Waals surface area contributed by atoms with Gasteiger partial charge in [-0.2, -0.15) is 0 Å². The predicted octanol–water partition coefficient (Wildman–Crippen LogP) is 1.43. The monoisotopic (exact) mass is 310 g/mol. The number of likely N-dealkylation sites (N-methyl/N-ethyl adjacent to an activating group) is 1. The zero-order chi connectivity index (χ0) is 15.4. The van der Waals surface area contributed by atoms with Crippen LogP contribution in [-0.4, -0.2) is 74.0 Å². The highest BCUT2D eigenvalue weighted by molar-refractivity contribution is 7.12. The number of nitrogen functional groups attached to an aromatic ring is 1. The van der Waals surface area contributed by atoms with Crippen molar-refractivity contribution in [3.8, 4) is 0 Å². The molecule has 6 heteroatoms. The molecule has 1 aliphatic heterocycles. The van der Waals surface area contributed by atoms with Gasteiger partial charge >= 0.3 is 0 Å². The Labute approximate surface area is 131 Å². The molecule has 1 aliphatic rings. The molecule has 0 atom stereocenters. The molecule has 1 amide bonds. The van der Waals surface area contributed by atoms with Crippen molar-refractivity contribution in [2.24, 2.45) is 0 Å². The third-order valence-corrected chi connectivity index (χ3v) is 4.99. The highest BCUT2D eigenvalue weighted by Gasteiger charge is 2.28. The summed E-state index contributed by atoms with van der Waals surface area (Å²) in [5.74, 6) is 0.0962. The van der Waals surface area contributed by atoms with Crippen LogP contribution < -0.4 is 5.73 Å². The average molecular weight is 310 g/mol. The van der Waals surface area contributed by atoms with Crippen LogP contribution in [0.15, 0.2) is 11.4 Å². The number of rotatable bonds is 5. The van der Waals surface area contributed by atoms with Crippen molar-refractivity contribution in [2.45, 2.75) is 18.9 Å². The number of amides is 1. The highest BCUT2D eigenvalue weighted by Crippen LogP contribution is 2.24. The Hall–Kier alpha value is -1.11. The Morgan fingerprint density at radius 1 is 1.38 bits per heavy atom. The van der Waals surface area contributed by atoms with Gasteiger partial charge in [-0.05, 0) is 58.5 Å². The van der Waals surface area contributed by atoms with E-state index in [1.165, 1.54) is 11.3 Å². The molecule has 0 aliphatic carbocycles. The van der Waals surface area contributed by atoms with Crippen molar-refractivity contribution in [3.05, 3.63) is 16.3 Å². The molecule has 0 spiro atoms. The summed E-state index contributed by atoms with van der Waals surface area (Å²) in [5.41, 5.74) is 6.54. The summed E-state index contributed by atoms with van der Waals surface area (Å²) in [6.45, 7) is 3.74. The number of anilines is 1. The Kier molecular flexibility index (Phi) is 5.61. The number of thiophene rings is 1. The zero-order valence-corrected chi connectivity index (χ0v) is 14.0. The summed E-state index contributed by atoms with van der Waals surface area (Å²) in [5, 5.41) is 1.89. The van der Waals surface area contributed by atoms with E-state index >= 15 is 0 Å². The van der Waals surface area contributed by atoms with Gasteiger partial charge in [-0.25, -0.2) is 0 Å². The van der Waals surface area contributed by atoms with E-state index in [1.807, 2.05) is 30.4 Å². The summed E-state index contributed by atoms with van der Waals surface area (Å²) in [7, 11) is 6.22. The lowest BCUT2D eigenvalue weighted by atomic mass is 10.0. The SMILES string of the molecule is CN(C)CCN(C(=O)c1sccc1N)C1CCN(C)CC1. The second-order valence-corrected chi connectivity index (χ2v) is 6.96. The third-order valence-electron chi connectivity index (χ3n) is 4.07. The minimum atomic E-state index is 0.0962. The van der Waals surface area contributed by atoms with Crippen LogP contribution in [0.3, 0.4) is 0 Å². The van der Waals surface area contributed by atoms with E-state index in [1.54, 1.807) is 0 Å². The van der Waals surface area contributed by atoms with Gasteiger partial charge < -0.3 is 20.4 Å². The molecular weight excluding hydrogens is 284 g/mol. The van der Waals surface area contributed by atoms with Crippen molar-refractivity contribution in [3.63, 3.8) is 0 Å². The molecule has 0 radical (unpaired) electrons. The summed E-state index contributed by atoms with van der Waals surface area (Å²) in [4.78, 5) is 20.0. The van der Waals surface area contributed by atoms with Crippen LogP contribution in [0, 0.1) is 0 Å². The van der Waals surface area contributed by atoms with E-state index in [0.29, 0.717) is 16.6 Å². The lowest BCUT2D eigenvalue weighted by molar-refractivity contribution is 0.0580. The van der Waals surface area contributed by atoms with Gasteiger partial charge in [0.1, 0.15) is 4.88 Å². The van der Waals surface area contributed by atoms with Gasteiger partial charge in [-0.1, -0.05) is 0 Å². The summed E-state index contributed by atoms with van der Waals surface area (Å²) < 4.78 is 0. The second kappa shape index (κ2) is 7.24. The minimum absolute atomic E-state index is 0.0962. The first-order valence-corrected chi connectivity index (χ1v) is 8.34. The van der Waals surface area contributed by atoms with Crippen LogP contribution in [0.25, 0.3) is 0 Å². The molecule has 1 aromatic heterocycles. The largest absolute Gasteiger partial charge is 0.397 e. The molecule has 0 unspecified atom stereocenters. The van der Waals surface area contributed by atoms with Gasteiger partial charge in [0, 0.05) is 19.1 Å². The first-order chi connectivity index (χ1) is 9.99. The van der Waals surface area contributed by atoms with Gasteiger partial charge in [0.25, 0.3) is 5.91 Å². The molecule has 0 saturated carbocycles. The van der Waals surface area contributed by atoms with Crippen molar-refractivity contribution in [2.75, 3.05) is 53.1 Å². The van der Waals surface area contributed by atoms with Crippen molar-refractivity contribution in [1.29, 1.82) is 0 Å². The van der Waals surface area contributed by atoms with Crippen LogP contribution in [0.5, 0.6) is 0 Å². The minimum Gasteiger partial charge on any atom is -0.397 e. The number of likely N-dealkylation sites (tertiary alicyclic amines) is 1. The van der Waals surface area contributed by atoms with Crippen molar-refractivity contribution >= 4 is 22.9 Å². The number of nitrogens with two attached hydrogens (primary N) is 1. The Morgan fingerprint density at radius 2 is 2.05 bits per heavy atom. The molecular formula is C15H26N4OS. The summed E-state index contributed by atoms with van der Waals surface area (Å²) >= 11 is 1.44. The maximum Gasteiger partial charge on any atom is 0.266 e. The molecule has 2 heterocycles. The number of carbonyl (C=O) groups is 1. The Balaban J connectivity index is 2.11. The van der Waals surface area contributed by atoms with E-state index in [2.05, 4.69) is 16.8 Å². The van der Waals surface area contributed by atoms with E-state index in [0.717, 1.165) is 39.0 Å². The lowest BCUT2D eigenvalue weighted by Gasteiger charge is -2.37. The summed E-state index contributed by atoms with van der Waals surface area (Å²) in [6.07, 6.45) is 2.09. The quantitative estimate of drug-likeness (QED) is 0.894. The summed E-state index contributed by atoms with van der Waals surface area (Å²) in [6, 6.07) is 2.14. The molecule has 2 rings (SSSR count). The van der Waals surface area contributed by atoms with Crippen molar-refractivity contribution in [1.82, 2.24) is 14.7 Å². The maximum atomic E-state index is 12.8. The Bertz CT molecular complexity index is 466. The Morgan fingerprint density at radius 3 is 2.57 bits per heavy atom. The van der Waals surface area contributed by atoms with Gasteiger partial charge in [-0.15, -0.1) is 11.3 Å².